The average Bonchev–Trinajstić information content (AvgIpc) is 2.39. The van der Waals surface area contributed by atoms with E-state index in [9.17, 15) is 4.79 Å². The zero-order chi connectivity index (χ0) is 12.3. The van der Waals surface area contributed by atoms with Gasteiger partial charge in [-0.3, -0.25) is 4.79 Å². The van der Waals surface area contributed by atoms with E-state index in [1.54, 1.807) is 12.1 Å². The third-order valence-corrected chi connectivity index (χ3v) is 3.16. The Morgan fingerprint density at radius 3 is 2.65 bits per heavy atom. The SMILES string of the molecule is N#Cc1ccc(N2CCCCC2C(N)=O)cc1. The molecule has 1 aliphatic heterocycles. The summed E-state index contributed by atoms with van der Waals surface area (Å²) >= 11 is 0. The number of hydrogen-bond acceptors (Lipinski definition) is 3. The van der Waals surface area contributed by atoms with E-state index in [0.29, 0.717) is 5.56 Å². The lowest BCUT2D eigenvalue weighted by molar-refractivity contribution is -0.119. The molecule has 1 unspecified atom stereocenters. The standard InChI is InChI=1S/C13H15N3O/c14-9-10-4-6-11(7-5-10)16-8-2-1-3-12(16)13(15)17/h4-7,12H,1-3,8H2,(H2,15,17). The Morgan fingerprint density at radius 1 is 1.35 bits per heavy atom. The molecule has 0 aromatic heterocycles. The predicted molar refractivity (Wildman–Crippen MR) is 65.3 cm³/mol. The van der Waals surface area contributed by atoms with Crippen LogP contribution >= 0.6 is 0 Å². The number of nitrogens with two attached hydrogens (primary N) is 1. The number of piperidine rings is 1. The summed E-state index contributed by atoms with van der Waals surface area (Å²) in [6, 6.07) is 9.15. The summed E-state index contributed by atoms with van der Waals surface area (Å²) in [6.45, 7) is 0.847. The molecule has 88 valence electrons. The van der Waals surface area contributed by atoms with Crippen LogP contribution in [0.25, 0.3) is 0 Å². The number of amides is 1. The van der Waals surface area contributed by atoms with Gasteiger partial charge in [0.1, 0.15) is 6.04 Å². The van der Waals surface area contributed by atoms with Crippen LogP contribution in [-0.4, -0.2) is 18.5 Å². The monoisotopic (exact) mass is 229 g/mol. The van der Waals surface area contributed by atoms with Crippen LogP contribution in [0, 0.1) is 11.3 Å². The molecule has 1 aromatic carbocycles. The molecule has 1 saturated heterocycles. The summed E-state index contributed by atoms with van der Waals surface area (Å²) in [5.74, 6) is -0.269. The first-order valence-corrected chi connectivity index (χ1v) is 5.78. The Morgan fingerprint density at radius 2 is 2.06 bits per heavy atom. The minimum absolute atomic E-state index is 0.211. The number of carbonyl (C=O) groups is 1. The van der Waals surface area contributed by atoms with Crippen molar-refractivity contribution >= 4 is 11.6 Å². The molecule has 0 saturated carbocycles. The quantitative estimate of drug-likeness (QED) is 0.833. The highest BCUT2D eigenvalue weighted by molar-refractivity contribution is 5.83. The summed E-state index contributed by atoms with van der Waals surface area (Å²) in [5.41, 5.74) is 7.01. The maximum Gasteiger partial charge on any atom is 0.240 e. The van der Waals surface area contributed by atoms with Gasteiger partial charge >= 0.3 is 0 Å². The zero-order valence-corrected chi connectivity index (χ0v) is 9.60. The highest BCUT2D eigenvalue weighted by Gasteiger charge is 2.26. The van der Waals surface area contributed by atoms with Crippen LogP contribution in [0.4, 0.5) is 5.69 Å². The van der Waals surface area contributed by atoms with Crippen LogP contribution in [-0.2, 0) is 4.79 Å². The molecule has 1 amide bonds. The van der Waals surface area contributed by atoms with E-state index < -0.39 is 0 Å². The second kappa shape index (κ2) is 4.88. The van der Waals surface area contributed by atoms with Gasteiger partial charge in [0.25, 0.3) is 0 Å². The van der Waals surface area contributed by atoms with Gasteiger partial charge in [0, 0.05) is 12.2 Å². The molecule has 4 nitrogen and oxygen atoms in total. The van der Waals surface area contributed by atoms with Crippen molar-refractivity contribution in [2.24, 2.45) is 5.73 Å². The van der Waals surface area contributed by atoms with Gasteiger partial charge in [-0.1, -0.05) is 0 Å². The Labute approximate surface area is 101 Å². The van der Waals surface area contributed by atoms with Crippen molar-refractivity contribution in [3.8, 4) is 6.07 Å². The molecule has 0 aliphatic carbocycles. The number of benzene rings is 1. The number of carbonyl (C=O) groups excluding carboxylic acids is 1. The van der Waals surface area contributed by atoms with E-state index in [1.807, 2.05) is 17.0 Å². The molecule has 1 atom stereocenters. The average molecular weight is 229 g/mol. The topological polar surface area (TPSA) is 70.1 Å². The molecule has 2 N–H and O–H groups in total. The molecule has 0 bridgehead atoms. The van der Waals surface area contributed by atoms with E-state index in [0.717, 1.165) is 31.5 Å². The van der Waals surface area contributed by atoms with Crippen LogP contribution in [0.1, 0.15) is 24.8 Å². The largest absolute Gasteiger partial charge is 0.368 e. The van der Waals surface area contributed by atoms with Crippen LogP contribution < -0.4 is 10.6 Å². The lowest BCUT2D eigenvalue weighted by atomic mass is 10.0. The number of nitrogens with zero attached hydrogens (tertiary/aromatic N) is 2. The molecule has 2 rings (SSSR count). The lowest BCUT2D eigenvalue weighted by Crippen LogP contribution is -2.47. The first-order valence-electron chi connectivity index (χ1n) is 5.78. The molecular formula is C13H15N3O. The van der Waals surface area contributed by atoms with E-state index in [-0.39, 0.29) is 11.9 Å². The van der Waals surface area contributed by atoms with Crippen LogP contribution in [0.2, 0.25) is 0 Å². The van der Waals surface area contributed by atoms with Gasteiger partial charge in [0.15, 0.2) is 0 Å². The number of rotatable bonds is 2. The highest BCUT2D eigenvalue weighted by Crippen LogP contribution is 2.24. The van der Waals surface area contributed by atoms with Crippen molar-refractivity contribution < 1.29 is 4.79 Å². The summed E-state index contributed by atoms with van der Waals surface area (Å²) in [4.78, 5) is 13.4. The van der Waals surface area contributed by atoms with E-state index in [4.69, 9.17) is 11.0 Å². The van der Waals surface area contributed by atoms with Gasteiger partial charge < -0.3 is 10.6 Å². The first-order chi connectivity index (χ1) is 8.22. The lowest BCUT2D eigenvalue weighted by Gasteiger charge is -2.35. The highest BCUT2D eigenvalue weighted by atomic mass is 16.1. The summed E-state index contributed by atoms with van der Waals surface area (Å²) in [6.07, 6.45) is 2.93. The fraction of sp³-hybridized carbons (Fsp3) is 0.385. The number of anilines is 1. The van der Waals surface area contributed by atoms with Gasteiger partial charge in [-0.25, -0.2) is 0 Å². The normalized spacial score (nSPS) is 19.7. The van der Waals surface area contributed by atoms with Crippen molar-refractivity contribution in [2.45, 2.75) is 25.3 Å². The van der Waals surface area contributed by atoms with Gasteiger partial charge in [-0.2, -0.15) is 5.26 Å². The Balaban J connectivity index is 2.24. The van der Waals surface area contributed by atoms with Gasteiger partial charge in [-0.05, 0) is 43.5 Å². The summed E-state index contributed by atoms with van der Waals surface area (Å²) < 4.78 is 0. The number of hydrogen-bond donors (Lipinski definition) is 1. The first kappa shape index (κ1) is 11.5. The number of nitriles is 1. The smallest absolute Gasteiger partial charge is 0.240 e. The van der Waals surface area contributed by atoms with Crippen molar-refractivity contribution in [1.82, 2.24) is 0 Å². The molecule has 1 fully saturated rings. The third-order valence-electron chi connectivity index (χ3n) is 3.16. The second-order valence-electron chi connectivity index (χ2n) is 4.27. The van der Waals surface area contributed by atoms with Crippen LogP contribution in [0.5, 0.6) is 0 Å². The molecule has 17 heavy (non-hydrogen) atoms. The van der Waals surface area contributed by atoms with Crippen molar-refractivity contribution in [3.05, 3.63) is 29.8 Å². The number of primary amides is 1. The molecule has 4 heteroatoms. The predicted octanol–water partition coefficient (Wildman–Crippen LogP) is 1.40. The fourth-order valence-corrected chi connectivity index (χ4v) is 2.26. The summed E-state index contributed by atoms with van der Waals surface area (Å²) in [7, 11) is 0. The molecule has 1 aromatic rings. The van der Waals surface area contributed by atoms with Crippen molar-refractivity contribution in [2.75, 3.05) is 11.4 Å². The van der Waals surface area contributed by atoms with Crippen LogP contribution in [0.3, 0.4) is 0 Å². The van der Waals surface area contributed by atoms with Crippen molar-refractivity contribution in [3.63, 3.8) is 0 Å². The Hall–Kier alpha value is -2.02. The third kappa shape index (κ3) is 2.39. The van der Waals surface area contributed by atoms with Gasteiger partial charge in [-0.15, -0.1) is 0 Å². The maximum atomic E-state index is 11.4. The minimum Gasteiger partial charge on any atom is -0.368 e. The van der Waals surface area contributed by atoms with E-state index >= 15 is 0 Å². The fourth-order valence-electron chi connectivity index (χ4n) is 2.26. The van der Waals surface area contributed by atoms with E-state index in [1.165, 1.54) is 0 Å². The second-order valence-corrected chi connectivity index (χ2v) is 4.27. The maximum absolute atomic E-state index is 11.4. The zero-order valence-electron chi connectivity index (χ0n) is 9.60. The van der Waals surface area contributed by atoms with Crippen LogP contribution in [0.15, 0.2) is 24.3 Å². The van der Waals surface area contributed by atoms with Gasteiger partial charge in [0.2, 0.25) is 5.91 Å². The molecular weight excluding hydrogens is 214 g/mol. The molecule has 1 aliphatic rings. The van der Waals surface area contributed by atoms with Gasteiger partial charge in [0.05, 0.1) is 11.6 Å². The van der Waals surface area contributed by atoms with E-state index in [2.05, 4.69) is 6.07 Å². The Bertz CT molecular complexity index is 447. The Kier molecular flexibility index (Phi) is 3.29. The molecule has 0 radical (unpaired) electrons. The molecule has 1 heterocycles. The van der Waals surface area contributed by atoms with Crippen molar-refractivity contribution in [1.29, 1.82) is 5.26 Å². The molecule has 0 spiro atoms. The minimum atomic E-state index is -0.269. The summed E-state index contributed by atoms with van der Waals surface area (Å²) in [5, 5.41) is 8.74.